The van der Waals surface area contributed by atoms with Gasteiger partial charge in [0.15, 0.2) is 11.9 Å². The van der Waals surface area contributed by atoms with E-state index >= 15 is 0 Å². The highest BCUT2D eigenvalue weighted by atomic mass is 16.6. The fourth-order valence-corrected chi connectivity index (χ4v) is 3.78. The summed E-state index contributed by atoms with van der Waals surface area (Å²) in [5.41, 5.74) is 0. The monoisotopic (exact) mass is 442 g/mol. The predicted molar refractivity (Wildman–Crippen MR) is 119 cm³/mol. The lowest BCUT2D eigenvalue weighted by Crippen LogP contribution is -2.36. The Labute approximate surface area is 186 Å². The molecular formula is C24H42O7. The van der Waals surface area contributed by atoms with Crippen molar-refractivity contribution in [3.8, 4) is 0 Å². The van der Waals surface area contributed by atoms with Crippen molar-refractivity contribution >= 4 is 11.9 Å². The van der Waals surface area contributed by atoms with E-state index in [4.69, 9.17) is 9.47 Å². The fourth-order valence-electron chi connectivity index (χ4n) is 3.78. The van der Waals surface area contributed by atoms with Gasteiger partial charge in [-0.05, 0) is 6.42 Å². The van der Waals surface area contributed by atoms with Gasteiger partial charge in [0.1, 0.15) is 0 Å². The van der Waals surface area contributed by atoms with Crippen LogP contribution in [0.5, 0.6) is 0 Å². The Balaban J connectivity index is 1.96. The summed E-state index contributed by atoms with van der Waals surface area (Å²) >= 11 is 0. The second kappa shape index (κ2) is 16.9. The van der Waals surface area contributed by atoms with Gasteiger partial charge in [-0.1, -0.05) is 96.8 Å². The third-order valence-corrected chi connectivity index (χ3v) is 5.72. The molecule has 1 aliphatic heterocycles. The lowest BCUT2D eigenvalue weighted by molar-refractivity contribution is -0.165. The SMILES string of the molecule is CCCCCCCCCCCCCCCCCC(=O)O[C@@H](CO)[C@H]1OC(=O)C(O)=C1O. The average Bonchev–Trinajstić information content (AvgIpc) is 3.02. The zero-order chi connectivity index (χ0) is 22.9. The predicted octanol–water partition coefficient (Wildman–Crippen LogP) is 5.41. The van der Waals surface area contributed by atoms with Crippen molar-refractivity contribution in [1.29, 1.82) is 0 Å². The van der Waals surface area contributed by atoms with Gasteiger partial charge in [0, 0.05) is 6.42 Å². The minimum Gasteiger partial charge on any atom is -0.505 e. The topological polar surface area (TPSA) is 113 Å². The molecule has 7 nitrogen and oxygen atoms in total. The van der Waals surface area contributed by atoms with Gasteiger partial charge in [0.2, 0.25) is 11.9 Å². The van der Waals surface area contributed by atoms with Crippen LogP contribution in [0.2, 0.25) is 0 Å². The van der Waals surface area contributed by atoms with Crippen LogP contribution in [0.1, 0.15) is 110 Å². The van der Waals surface area contributed by atoms with Crippen molar-refractivity contribution in [2.24, 2.45) is 0 Å². The van der Waals surface area contributed by atoms with E-state index in [1.54, 1.807) is 0 Å². The van der Waals surface area contributed by atoms with Crippen LogP contribution in [0.3, 0.4) is 0 Å². The maximum atomic E-state index is 11.9. The van der Waals surface area contributed by atoms with Gasteiger partial charge >= 0.3 is 11.9 Å². The molecule has 1 rings (SSSR count). The van der Waals surface area contributed by atoms with Crippen LogP contribution in [0.15, 0.2) is 11.5 Å². The number of esters is 2. The van der Waals surface area contributed by atoms with Crippen molar-refractivity contribution in [2.75, 3.05) is 6.61 Å². The number of cyclic esters (lactones) is 1. The van der Waals surface area contributed by atoms with Crippen LogP contribution in [-0.2, 0) is 19.1 Å². The Bertz CT molecular complexity index is 544. The Morgan fingerprint density at radius 1 is 0.871 bits per heavy atom. The van der Waals surface area contributed by atoms with Gasteiger partial charge in [0.05, 0.1) is 6.61 Å². The molecule has 0 aromatic rings. The summed E-state index contributed by atoms with van der Waals surface area (Å²) in [4.78, 5) is 23.2. The van der Waals surface area contributed by atoms with Crippen LogP contribution in [0.4, 0.5) is 0 Å². The molecule has 180 valence electrons. The van der Waals surface area contributed by atoms with Crippen LogP contribution in [-0.4, -0.2) is 46.1 Å². The van der Waals surface area contributed by atoms with E-state index in [1.165, 1.54) is 77.0 Å². The highest BCUT2D eigenvalue weighted by Gasteiger charge is 2.41. The summed E-state index contributed by atoms with van der Waals surface area (Å²) in [5.74, 6) is -3.26. The molecule has 0 bridgehead atoms. The van der Waals surface area contributed by atoms with E-state index in [-0.39, 0.29) is 6.42 Å². The van der Waals surface area contributed by atoms with Gasteiger partial charge in [-0.2, -0.15) is 0 Å². The first-order valence-electron chi connectivity index (χ1n) is 12.1. The number of rotatable bonds is 19. The second-order valence-electron chi connectivity index (χ2n) is 8.47. The molecule has 1 heterocycles. The van der Waals surface area contributed by atoms with Crippen LogP contribution < -0.4 is 0 Å². The molecule has 0 aliphatic carbocycles. The third-order valence-electron chi connectivity index (χ3n) is 5.72. The maximum absolute atomic E-state index is 11.9. The zero-order valence-corrected chi connectivity index (χ0v) is 19.2. The van der Waals surface area contributed by atoms with Crippen LogP contribution in [0, 0.1) is 0 Å². The maximum Gasteiger partial charge on any atom is 0.378 e. The molecule has 0 radical (unpaired) electrons. The van der Waals surface area contributed by atoms with Crippen LogP contribution >= 0.6 is 0 Å². The number of hydrogen-bond acceptors (Lipinski definition) is 7. The summed E-state index contributed by atoms with van der Waals surface area (Å²) in [6.07, 6.45) is 16.2. The van der Waals surface area contributed by atoms with E-state index in [1.807, 2.05) is 0 Å². The molecule has 0 unspecified atom stereocenters. The number of ether oxygens (including phenoxy) is 2. The number of carbonyl (C=O) groups excluding carboxylic acids is 2. The second-order valence-corrected chi connectivity index (χ2v) is 8.47. The number of carbonyl (C=O) groups is 2. The lowest BCUT2D eigenvalue weighted by Gasteiger charge is -2.20. The molecule has 1 aliphatic rings. The first kappa shape index (κ1) is 27.3. The lowest BCUT2D eigenvalue weighted by atomic mass is 10.0. The Morgan fingerprint density at radius 3 is 1.71 bits per heavy atom. The molecule has 31 heavy (non-hydrogen) atoms. The largest absolute Gasteiger partial charge is 0.505 e. The molecule has 2 atom stereocenters. The highest BCUT2D eigenvalue weighted by Crippen LogP contribution is 2.23. The third kappa shape index (κ3) is 11.4. The van der Waals surface area contributed by atoms with Crippen LogP contribution in [0.25, 0.3) is 0 Å². The summed E-state index contributed by atoms with van der Waals surface area (Å²) in [5, 5.41) is 28.3. The molecule has 0 fully saturated rings. The molecule has 0 saturated heterocycles. The Hall–Kier alpha value is -1.76. The standard InChI is InChI=1S/C24H42O7/c1-2-3-4-5-6-7-8-9-10-11-12-13-14-15-16-17-20(26)30-19(18-25)23-21(27)22(28)24(29)31-23/h19,23,25,27-28H,2-18H2,1H3/t19-,23+/m0/s1. The van der Waals surface area contributed by atoms with Gasteiger partial charge < -0.3 is 24.8 Å². The number of unbranched alkanes of at least 4 members (excludes halogenated alkanes) is 14. The minimum absolute atomic E-state index is 0.200. The summed E-state index contributed by atoms with van der Waals surface area (Å²) < 4.78 is 9.82. The van der Waals surface area contributed by atoms with Crippen molar-refractivity contribution < 1.29 is 34.4 Å². The molecular weight excluding hydrogens is 400 g/mol. The highest BCUT2D eigenvalue weighted by molar-refractivity contribution is 5.89. The molecule has 7 heteroatoms. The van der Waals surface area contributed by atoms with E-state index in [0.29, 0.717) is 6.42 Å². The van der Waals surface area contributed by atoms with E-state index in [9.17, 15) is 24.9 Å². The molecule has 0 aromatic heterocycles. The first-order chi connectivity index (χ1) is 15.0. The number of hydrogen-bond donors (Lipinski definition) is 3. The summed E-state index contributed by atoms with van der Waals surface area (Å²) in [7, 11) is 0. The van der Waals surface area contributed by atoms with Crippen molar-refractivity contribution in [2.45, 2.75) is 122 Å². The quantitative estimate of drug-likeness (QED) is 0.181. The normalized spacial score (nSPS) is 17.1. The molecule has 0 aromatic carbocycles. The fraction of sp³-hybridized carbons (Fsp3) is 0.833. The smallest absolute Gasteiger partial charge is 0.378 e. The van der Waals surface area contributed by atoms with Crippen molar-refractivity contribution in [3.05, 3.63) is 11.5 Å². The first-order valence-corrected chi connectivity index (χ1v) is 12.1. The zero-order valence-electron chi connectivity index (χ0n) is 19.2. The molecule has 0 amide bonds. The summed E-state index contributed by atoms with van der Waals surface area (Å²) in [6.45, 7) is 1.62. The van der Waals surface area contributed by atoms with Gasteiger partial charge in [0.25, 0.3) is 0 Å². The van der Waals surface area contributed by atoms with Crippen molar-refractivity contribution in [1.82, 2.24) is 0 Å². The van der Waals surface area contributed by atoms with Crippen molar-refractivity contribution in [3.63, 3.8) is 0 Å². The van der Waals surface area contributed by atoms with Gasteiger partial charge in [-0.3, -0.25) is 4.79 Å². The number of aliphatic hydroxyl groups is 3. The minimum atomic E-state index is -1.36. The van der Waals surface area contributed by atoms with Gasteiger partial charge in [-0.15, -0.1) is 0 Å². The van der Waals surface area contributed by atoms with E-state index in [2.05, 4.69) is 6.92 Å². The average molecular weight is 443 g/mol. The molecule has 0 spiro atoms. The molecule has 0 saturated carbocycles. The number of aliphatic hydroxyl groups excluding tert-OH is 3. The Morgan fingerprint density at radius 2 is 1.32 bits per heavy atom. The van der Waals surface area contributed by atoms with Gasteiger partial charge in [-0.25, -0.2) is 4.79 Å². The molecule has 3 N–H and O–H groups in total. The van der Waals surface area contributed by atoms with E-state index in [0.717, 1.165) is 12.8 Å². The van der Waals surface area contributed by atoms with E-state index < -0.39 is 42.3 Å². The Kier molecular flexibility index (Phi) is 14.8. The summed E-state index contributed by atoms with van der Waals surface area (Å²) in [6, 6.07) is 0.